The highest BCUT2D eigenvalue weighted by Gasteiger charge is 2.48. The van der Waals surface area contributed by atoms with Crippen LogP contribution in [0.1, 0.15) is 37.1 Å². The normalized spacial score (nSPS) is 28.9. The van der Waals surface area contributed by atoms with Gasteiger partial charge >= 0.3 is 0 Å². The summed E-state index contributed by atoms with van der Waals surface area (Å²) in [5.41, 5.74) is 11.7. The Kier molecular flexibility index (Phi) is 3.11. The number of carbonyl (C=O) groups is 1. The number of amides is 1. The summed E-state index contributed by atoms with van der Waals surface area (Å²) < 4.78 is 0. The van der Waals surface area contributed by atoms with Crippen molar-refractivity contribution >= 4 is 5.91 Å². The van der Waals surface area contributed by atoms with Gasteiger partial charge in [0.15, 0.2) is 0 Å². The summed E-state index contributed by atoms with van der Waals surface area (Å²) in [4.78, 5) is 20.3. The predicted octanol–water partition coefficient (Wildman–Crippen LogP) is 0.409. The Hall–Kier alpha value is -1.49. The monoisotopic (exact) mass is 234 g/mol. The van der Waals surface area contributed by atoms with E-state index in [-0.39, 0.29) is 6.04 Å². The maximum Gasteiger partial charge on any atom is 0.232 e. The molecule has 1 aliphatic rings. The van der Waals surface area contributed by atoms with Gasteiger partial charge in [0.05, 0.1) is 0 Å². The maximum atomic E-state index is 11.8. The van der Waals surface area contributed by atoms with E-state index in [2.05, 4.69) is 9.97 Å². The van der Waals surface area contributed by atoms with Crippen LogP contribution in [0.5, 0.6) is 0 Å². The second-order valence-corrected chi connectivity index (χ2v) is 4.77. The molecule has 17 heavy (non-hydrogen) atoms. The molecule has 1 heterocycles. The van der Waals surface area contributed by atoms with Crippen molar-refractivity contribution in [1.82, 2.24) is 9.97 Å². The van der Waals surface area contributed by atoms with Gasteiger partial charge in [0, 0.05) is 18.4 Å². The van der Waals surface area contributed by atoms with Crippen LogP contribution in [0.15, 0.2) is 12.4 Å². The predicted molar refractivity (Wildman–Crippen MR) is 64.1 cm³/mol. The van der Waals surface area contributed by atoms with Gasteiger partial charge in [-0.2, -0.15) is 0 Å². The summed E-state index contributed by atoms with van der Waals surface area (Å²) in [5, 5.41) is 0. The van der Waals surface area contributed by atoms with Gasteiger partial charge in [0.25, 0.3) is 0 Å². The lowest BCUT2D eigenvalue weighted by molar-refractivity contribution is -0.125. The maximum absolute atomic E-state index is 11.8. The highest BCUT2D eigenvalue weighted by molar-refractivity contribution is 5.86. The second-order valence-electron chi connectivity index (χ2n) is 4.77. The van der Waals surface area contributed by atoms with Crippen LogP contribution in [-0.4, -0.2) is 21.9 Å². The van der Waals surface area contributed by atoms with Gasteiger partial charge in [-0.05, 0) is 25.3 Å². The Balaban J connectivity index is 2.46. The molecule has 0 aliphatic heterocycles. The number of aryl methyl sites for hydroxylation is 1. The number of hydrogen-bond donors (Lipinski definition) is 2. The summed E-state index contributed by atoms with van der Waals surface area (Å²) in [5.74, 6) is 0.0661. The number of primary amides is 1. The molecule has 2 atom stereocenters. The number of nitrogens with two attached hydrogens (primary N) is 2. The van der Waals surface area contributed by atoms with Crippen molar-refractivity contribution in [3.8, 4) is 0 Å². The lowest BCUT2D eigenvalue weighted by Crippen LogP contribution is -2.56. The summed E-state index contributed by atoms with van der Waals surface area (Å²) in [6, 6.07) is -0.281. The van der Waals surface area contributed by atoms with Gasteiger partial charge in [-0.25, -0.2) is 9.97 Å². The van der Waals surface area contributed by atoms with Crippen LogP contribution in [0.2, 0.25) is 0 Å². The van der Waals surface area contributed by atoms with Crippen molar-refractivity contribution in [3.63, 3.8) is 0 Å². The van der Waals surface area contributed by atoms with Gasteiger partial charge in [-0.3, -0.25) is 4.79 Å². The smallest absolute Gasteiger partial charge is 0.232 e. The molecular formula is C12H18N4O. The van der Waals surface area contributed by atoms with E-state index in [1.807, 2.05) is 6.92 Å². The number of rotatable bonds is 2. The van der Waals surface area contributed by atoms with E-state index in [1.54, 1.807) is 12.4 Å². The molecule has 0 aromatic carbocycles. The quantitative estimate of drug-likeness (QED) is 0.774. The molecule has 92 valence electrons. The first-order chi connectivity index (χ1) is 8.07. The topological polar surface area (TPSA) is 94.9 Å². The Morgan fingerprint density at radius 3 is 2.59 bits per heavy atom. The van der Waals surface area contributed by atoms with Crippen LogP contribution >= 0.6 is 0 Å². The summed E-state index contributed by atoms with van der Waals surface area (Å²) in [7, 11) is 0. The molecule has 2 rings (SSSR count). The Morgan fingerprint density at radius 2 is 2.06 bits per heavy atom. The van der Waals surface area contributed by atoms with E-state index in [1.165, 1.54) is 0 Å². The summed E-state index contributed by atoms with van der Waals surface area (Å²) in [6.45, 7) is 1.90. The van der Waals surface area contributed by atoms with Crippen molar-refractivity contribution in [2.75, 3.05) is 0 Å². The van der Waals surface area contributed by atoms with E-state index in [4.69, 9.17) is 11.5 Å². The molecule has 0 radical (unpaired) electrons. The number of aromatic nitrogens is 2. The average molecular weight is 234 g/mol. The van der Waals surface area contributed by atoms with Crippen molar-refractivity contribution in [2.24, 2.45) is 11.5 Å². The van der Waals surface area contributed by atoms with Gasteiger partial charge in [-0.15, -0.1) is 0 Å². The molecule has 4 N–H and O–H groups in total. The third-order valence-electron chi connectivity index (χ3n) is 3.59. The van der Waals surface area contributed by atoms with Crippen molar-refractivity contribution < 1.29 is 4.79 Å². The molecule has 1 fully saturated rings. The van der Waals surface area contributed by atoms with E-state index in [0.717, 1.165) is 24.8 Å². The molecular weight excluding hydrogens is 216 g/mol. The molecule has 1 aromatic heterocycles. The average Bonchev–Trinajstić information content (AvgIpc) is 2.31. The van der Waals surface area contributed by atoms with Gasteiger partial charge < -0.3 is 11.5 Å². The third kappa shape index (κ3) is 1.91. The number of hydrogen-bond acceptors (Lipinski definition) is 4. The van der Waals surface area contributed by atoms with Crippen LogP contribution < -0.4 is 11.5 Å². The second kappa shape index (κ2) is 4.41. The van der Waals surface area contributed by atoms with Crippen molar-refractivity contribution in [1.29, 1.82) is 0 Å². The lowest BCUT2D eigenvalue weighted by atomic mass is 9.69. The summed E-state index contributed by atoms with van der Waals surface area (Å²) >= 11 is 0. The van der Waals surface area contributed by atoms with Crippen LogP contribution in [0.25, 0.3) is 0 Å². The minimum Gasteiger partial charge on any atom is -0.369 e. The van der Waals surface area contributed by atoms with Crippen molar-refractivity contribution in [3.05, 3.63) is 23.8 Å². The Bertz CT molecular complexity index is 417. The molecule has 5 heteroatoms. The number of carbonyl (C=O) groups excluding carboxylic acids is 1. The molecule has 0 spiro atoms. The van der Waals surface area contributed by atoms with E-state index in [9.17, 15) is 4.79 Å². The Labute approximate surface area is 101 Å². The fourth-order valence-corrected chi connectivity index (χ4v) is 2.52. The fraction of sp³-hybridized carbons (Fsp3) is 0.583. The van der Waals surface area contributed by atoms with Crippen molar-refractivity contribution in [2.45, 2.75) is 44.1 Å². The SMILES string of the molecule is Cc1cnc(C2(C(N)=O)CCCCC2N)nc1. The minimum atomic E-state index is -0.883. The molecule has 1 amide bonds. The van der Waals surface area contributed by atoms with Gasteiger partial charge in [-0.1, -0.05) is 12.8 Å². The first-order valence-electron chi connectivity index (χ1n) is 5.92. The molecule has 2 unspecified atom stereocenters. The van der Waals surface area contributed by atoms with Gasteiger partial charge in [0.1, 0.15) is 11.2 Å². The summed E-state index contributed by atoms with van der Waals surface area (Å²) in [6.07, 6.45) is 6.81. The lowest BCUT2D eigenvalue weighted by Gasteiger charge is -2.38. The molecule has 1 aromatic rings. The standard InChI is InChI=1S/C12H18N4O/c1-8-6-15-11(16-7-8)12(10(14)17)5-3-2-4-9(12)13/h6-7,9H,2-5,13H2,1H3,(H2,14,17). The van der Waals surface area contributed by atoms with Crippen LogP contribution in [-0.2, 0) is 10.2 Å². The minimum absolute atomic E-state index is 0.281. The zero-order valence-corrected chi connectivity index (χ0v) is 10.0. The van der Waals surface area contributed by atoms with Crippen LogP contribution in [0.3, 0.4) is 0 Å². The third-order valence-corrected chi connectivity index (χ3v) is 3.59. The first kappa shape index (κ1) is 12.0. The highest BCUT2D eigenvalue weighted by atomic mass is 16.1. The largest absolute Gasteiger partial charge is 0.369 e. The van der Waals surface area contributed by atoms with Crippen LogP contribution in [0, 0.1) is 6.92 Å². The molecule has 5 nitrogen and oxygen atoms in total. The van der Waals surface area contributed by atoms with Gasteiger partial charge in [0.2, 0.25) is 5.91 Å². The van der Waals surface area contributed by atoms with E-state index < -0.39 is 11.3 Å². The zero-order chi connectivity index (χ0) is 12.5. The molecule has 0 bridgehead atoms. The molecule has 0 saturated heterocycles. The highest BCUT2D eigenvalue weighted by Crippen LogP contribution is 2.36. The van der Waals surface area contributed by atoms with E-state index in [0.29, 0.717) is 12.2 Å². The first-order valence-corrected chi connectivity index (χ1v) is 5.92. The fourth-order valence-electron chi connectivity index (χ4n) is 2.52. The van der Waals surface area contributed by atoms with Crippen LogP contribution in [0.4, 0.5) is 0 Å². The molecule has 1 saturated carbocycles. The zero-order valence-electron chi connectivity index (χ0n) is 10.0. The van der Waals surface area contributed by atoms with E-state index >= 15 is 0 Å². The molecule has 1 aliphatic carbocycles. The Morgan fingerprint density at radius 1 is 1.41 bits per heavy atom. The number of nitrogens with zero attached hydrogens (tertiary/aromatic N) is 2.